The van der Waals surface area contributed by atoms with Crippen LogP contribution >= 0.6 is 11.3 Å². The molecule has 9 heteroatoms. The zero-order valence-corrected chi connectivity index (χ0v) is 15.7. The molecule has 3 rings (SSSR count). The summed E-state index contributed by atoms with van der Waals surface area (Å²) in [6, 6.07) is 15.0. The Morgan fingerprint density at radius 3 is 2.61 bits per heavy atom. The Hall–Kier alpha value is -3.59. The minimum atomic E-state index is -0.585. The Morgan fingerprint density at radius 1 is 1.14 bits per heavy atom. The van der Waals surface area contributed by atoms with E-state index >= 15 is 0 Å². The largest absolute Gasteiger partial charge is 0.343 e. The van der Waals surface area contributed by atoms with Crippen LogP contribution in [0.15, 0.2) is 54.6 Å². The molecule has 0 unspecified atom stereocenters. The molecule has 0 saturated carbocycles. The fourth-order valence-electron chi connectivity index (χ4n) is 2.49. The highest BCUT2D eigenvalue weighted by atomic mass is 32.1. The maximum absolute atomic E-state index is 12.1. The van der Waals surface area contributed by atoms with Gasteiger partial charge in [0.1, 0.15) is 0 Å². The number of benzene rings is 2. The van der Waals surface area contributed by atoms with Crippen LogP contribution in [0.1, 0.15) is 16.1 Å². The Kier molecular flexibility index (Phi) is 5.75. The molecule has 0 radical (unpaired) electrons. The summed E-state index contributed by atoms with van der Waals surface area (Å²) in [5, 5.41) is 16.3. The van der Waals surface area contributed by atoms with Gasteiger partial charge < -0.3 is 10.6 Å². The summed E-state index contributed by atoms with van der Waals surface area (Å²) in [4.78, 5) is 39.7. The molecule has 0 aliphatic rings. The van der Waals surface area contributed by atoms with Gasteiger partial charge in [-0.2, -0.15) is 0 Å². The summed E-state index contributed by atoms with van der Waals surface area (Å²) >= 11 is 1.35. The Balaban J connectivity index is 1.60. The molecule has 0 spiro atoms. The van der Waals surface area contributed by atoms with Crippen molar-refractivity contribution >= 4 is 34.0 Å². The number of carbonyl (C=O) groups excluding carboxylic acids is 2. The van der Waals surface area contributed by atoms with Gasteiger partial charge in [0, 0.05) is 17.7 Å². The van der Waals surface area contributed by atoms with Gasteiger partial charge in [-0.05, 0) is 18.6 Å². The molecule has 3 aromatic rings. The van der Waals surface area contributed by atoms with Gasteiger partial charge in [-0.15, -0.1) is 0 Å². The third kappa shape index (κ3) is 4.57. The number of anilines is 1. The lowest BCUT2D eigenvalue weighted by Crippen LogP contribution is -2.32. The maximum atomic E-state index is 12.1. The van der Waals surface area contributed by atoms with Gasteiger partial charge in [0.25, 0.3) is 11.6 Å². The van der Waals surface area contributed by atoms with Crippen LogP contribution in [-0.4, -0.2) is 28.3 Å². The first-order valence-electron chi connectivity index (χ1n) is 8.29. The molecule has 8 nitrogen and oxygen atoms in total. The predicted molar refractivity (Wildman–Crippen MR) is 106 cm³/mol. The van der Waals surface area contributed by atoms with Gasteiger partial charge in [0.15, 0.2) is 5.13 Å². The predicted octanol–water partition coefficient (Wildman–Crippen LogP) is 3.40. The van der Waals surface area contributed by atoms with E-state index in [1.807, 2.05) is 37.3 Å². The zero-order chi connectivity index (χ0) is 20.1. The molecule has 1 aromatic heterocycles. The minimum absolute atomic E-state index is 0.110. The lowest BCUT2D eigenvalue weighted by atomic mass is 10.2. The van der Waals surface area contributed by atoms with Crippen LogP contribution in [-0.2, 0) is 4.79 Å². The number of nitrogens with zero attached hydrogens (tertiary/aromatic N) is 2. The van der Waals surface area contributed by atoms with Gasteiger partial charge in [-0.3, -0.25) is 19.7 Å². The van der Waals surface area contributed by atoms with Gasteiger partial charge in [-0.1, -0.05) is 47.7 Å². The topological polar surface area (TPSA) is 114 Å². The first-order valence-corrected chi connectivity index (χ1v) is 9.11. The summed E-state index contributed by atoms with van der Waals surface area (Å²) in [6.07, 6.45) is 0. The molecular weight excluding hydrogens is 380 g/mol. The highest BCUT2D eigenvalue weighted by molar-refractivity contribution is 7.19. The average molecular weight is 396 g/mol. The van der Waals surface area contributed by atoms with E-state index < -0.39 is 16.7 Å². The summed E-state index contributed by atoms with van der Waals surface area (Å²) in [5.41, 5.74) is 1.73. The Labute approximate surface area is 164 Å². The van der Waals surface area contributed by atoms with Crippen LogP contribution in [0, 0.1) is 17.0 Å². The van der Waals surface area contributed by atoms with E-state index in [-0.39, 0.29) is 17.8 Å². The molecule has 1 heterocycles. The van der Waals surface area contributed by atoms with Crippen LogP contribution in [0.2, 0.25) is 0 Å². The van der Waals surface area contributed by atoms with E-state index in [0.29, 0.717) is 5.13 Å². The first kappa shape index (κ1) is 19.2. The second-order valence-electron chi connectivity index (χ2n) is 5.84. The van der Waals surface area contributed by atoms with Crippen molar-refractivity contribution < 1.29 is 14.5 Å². The summed E-state index contributed by atoms with van der Waals surface area (Å²) in [5.74, 6) is -1.01. The molecule has 0 fully saturated rings. The molecular formula is C19H16N4O4S. The number of rotatable bonds is 6. The highest BCUT2D eigenvalue weighted by Crippen LogP contribution is 2.32. The number of aryl methyl sites for hydroxylation is 1. The van der Waals surface area contributed by atoms with Crippen LogP contribution in [0.4, 0.5) is 10.8 Å². The van der Waals surface area contributed by atoms with E-state index in [1.165, 1.54) is 29.5 Å². The number of nitro benzene ring substituents is 1. The number of thiazole rings is 1. The van der Waals surface area contributed by atoms with Gasteiger partial charge in [0.2, 0.25) is 5.91 Å². The molecule has 0 aliphatic carbocycles. The standard InChI is InChI=1S/C19H16N4O4S/c1-12-17(13-6-3-2-4-7-13)28-19(21-12)22-16(24)11-20-18(25)14-8-5-9-15(10-14)23(26)27/h2-10H,11H2,1H3,(H,20,25)(H,21,22,24). The summed E-state index contributed by atoms with van der Waals surface area (Å²) in [7, 11) is 0. The Morgan fingerprint density at radius 2 is 1.89 bits per heavy atom. The second kappa shape index (κ2) is 8.40. The molecule has 0 atom stereocenters. The molecule has 28 heavy (non-hydrogen) atoms. The van der Waals surface area contributed by atoms with E-state index in [1.54, 1.807) is 0 Å². The van der Waals surface area contributed by atoms with E-state index in [4.69, 9.17) is 0 Å². The lowest BCUT2D eigenvalue weighted by molar-refractivity contribution is -0.384. The SMILES string of the molecule is Cc1nc(NC(=O)CNC(=O)c2cccc([N+](=O)[O-])c2)sc1-c1ccccc1. The number of non-ortho nitro benzene ring substituents is 1. The summed E-state index contributed by atoms with van der Waals surface area (Å²) in [6.45, 7) is 1.58. The fourth-order valence-corrected chi connectivity index (χ4v) is 3.48. The lowest BCUT2D eigenvalue weighted by Gasteiger charge is -2.05. The number of aromatic nitrogens is 1. The van der Waals surface area contributed by atoms with Crippen molar-refractivity contribution in [1.82, 2.24) is 10.3 Å². The summed E-state index contributed by atoms with van der Waals surface area (Å²) < 4.78 is 0. The monoisotopic (exact) mass is 396 g/mol. The molecule has 142 valence electrons. The maximum Gasteiger partial charge on any atom is 0.270 e. The number of hydrogen-bond donors (Lipinski definition) is 2. The van der Waals surface area contributed by atoms with Crippen molar-refractivity contribution in [2.75, 3.05) is 11.9 Å². The number of nitrogens with one attached hydrogen (secondary N) is 2. The highest BCUT2D eigenvalue weighted by Gasteiger charge is 2.14. The molecule has 2 aromatic carbocycles. The van der Waals surface area contributed by atoms with E-state index in [0.717, 1.165) is 22.2 Å². The molecule has 2 N–H and O–H groups in total. The fraction of sp³-hybridized carbons (Fsp3) is 0.105. The number of nitro groups is 1. The Bertz CT molecular complexity index is 1030. The number of carbonyl (C=O) groups is 2. The quantitative estimate of drug-likeness (QED) is 0.490. The van der Waals surface area contributed by atoms with Gasteiger partial charge in [-0.25, -0.2) is 4.98 Å². The van der Waals surface area contributed by atoms with Crippen LogP contribution in [0.25, 0.3) is 10.4 Å². The third-order valence-corrected chi connectivity index (χ3v) is 4.93. The first-order chi connectivity index (χ1) is 13.4. The molecule has 0 bridgehead atoms. The van der Waals surface area contributed by atoms with Crippen molar-refractivity contribution in [3.8, 4) is 10.4 Å². The normalized spacial score (nSPS) is 10.3. The smallest absolute Gasteiger partial charge is 0.270 e. The van der Waals surface area contributed by atoms with Crippen molar-refractivity contribution in [3.63, 3.8) is 0 Å². The van der Waals surface area contributed by atoms with Gasteiger partial charge >= 0.3 is 0 Å². The van der Waals surface area contributed by atoms with Crippen molar-refractivity contribution in [2.24, 2.45) is 0 Å². The molecule has 2 amide bonds. The van der Waals surface area contributed by atoms with Crippen LogP contribution in [0.3, 0.4) is 0 Å². The van der Waals surface area contributed by atoms with Crippen molar-refractivity contribution in [2.45, 2.75) is 6.92 Å². The van der Waals surface area contributed by atoms with E-state index in [2.05, 4.69) is 15.6 Å². The minimum Gasteiger partial charge on any atom is -0.343 e. The second-order valence-corrected chi connectivity index (χ2v) is 6.84. The van der Waals surface area contributed by atoms with Crippen molar-refractivity contribution in [3.05, 3.63) is 76.0 Å². The molecule has 0 aliphatic heterocycles. The number of amides is 2. The third-order valence-electron chi connectivity index (χ3n) is 3.81. The molecule has 0 saturated heterocycles. The number of hydrogen-bond acceptors (Lipinski definition) is 6. The van der Waals surface area contributed by atoms with Crippen LogP contribution in [0.5, 0.6) is 0 Å². The van der Waals surface area contributed by atoms with Crippen LogP contribution < -0.4 is 10.6 Å². The average Bonchev–Trinajstić information content (AvgIpc) is 3.06. The van der Waals surface area contributed by atoms with Gasteiger partial charge in [0.05, 0.1) is 22.0 Å². The zero-order valence-electron chi connectivity index (χ0n) is 14.8. The van der Waals surface area contributed by atoms with Crippen molar-refractivity contribution in [1.29, 1.82) is 0 Å². The van der Waals surface area contributed by atoms with E-state index in [9.17, 15) is 19.7 Å².